The number of hydrogen-bond acceptors (Lipinski definition) is 6. The number of amides is 1. The molecule has 40 heavy (non-hydrogen) atoms. The Morgan fingerprint density at radius 1 is 0.900 bits per heavy atom. The van der Waals surface area contributed by atoms with Crippen molar-refractivity contribution in [2.75, 3.05) is 55.0 Å². The van der Waals surface area contributed by atoms with E-state index in [2.05, 4.69) is 32.2 Å². The summed E-state index contributed by atoms with van der Waals surface area (Å²) in [5, 5.41) is 2.81. The van der Waals surface area contributed by atoms with E-state index in [9.17, 15) is 9.59 Å². The van der Waals surface area contributed by atoms with Crippen molar-refractivity contribution in [1.29, 1.82) is 0 Å². The summed E-state index contributed by atoms with van der Waals surface area (Å²) in [4.78, 5) is 35.9. The number of aryl methyl sites for hydroxylation is 2. The van der Waals surface area contributed by atoms with Crippen molar-refractivity contribution in [3.8, 4) is 11.1 Å². The van der Waals surface area contributed by atoms with E-state index in [4.69, 9.17) is 4.74 Å². The molecule has 4 aromatic rings. The number of rotatable bonds is 9. The minimum absolute atomic E-state index is 0.371. The van der Waals surface area contributed by atoms with Crippen molar-refractivity contribution in [1.82, 2.24) is 9.55 Å². The molecule has 8 nitrogen and oxygen atoms in total. The number of Topliss-reactive ketones (excluding diaryl/α,β-unsaturated/α-hetero) is 1. The monoisotopic (exact) mass is 537 g/mol. The fourth-order valence-electron chi connectivity index (χ4n) is 5.12. The van der Waals surface area contributed by atoms with Crippen molar-refractivity contribution >= 4 is 28.9 Å². The number of piperazine rings is 1. The van der Waals surface area contributed by atoms with E-state index >= 15 is 0 Å². The summed E-state index contributed by atoms with van der Waals surface area (Å²) >= 11 is 0. The summed E-state index contributed by atoms with van der Waals surface area (Å²) in [5.74, 6) is -0.235. The summed E-state index contributed by atoms with van der Waals surface area (Å²) in [6.07, 6.45) is 1.90. The molecule has 1 aliphatic heterocycles. The molecule has 1 fully saturated rings. The van der Waals surface area contributed by atoms with Crippen molar-refractivity contribution in [3.05, 3.63) is 95.9 Å². The van der Waals surface area contributed by atoms with Gasteiger partial charge in [-0.1, -0.05) is 36.4 Å². The second-order valence-corrected chi connectivity index (χ2v) is 10.1. The molecule has 0 saturated carbocycles. The Morgan fingerprint density at radius 3 is 2.25 bits per heavy atom. The molecule has 206 valence electrons. The number of hydrogen-bond donors (Lipinski definition) is 1. The predicted octanol–water partition coefficient (Wildman–Crippen LogP) is 4.96. The number of ether oxygens (including phenoxy) is 1. The van der Waals surface area contributed by atoms with Gasteiger partial charge in [0.2, 0.25) is 0 Å². The maximum absolute atomic E-state index is 13.5. The third kappa shape index (κ3) is 5.92. The predicted molar refractivity (Wildman–Crippen MR) is 159 cm³/mol. The molecule has 0 aliphatic carbocycles. The molecule has 0 radical (unpaired) electrons. The molecular weight excluding hydrogens is 502 g/mol. The zero-order valence-electron chi connectivity index (χ0n) is 23.3. The first-order valence-electron chi connectivity index (χ1n) is 13.6. The lowest BCUT2D eigenvalue weighted by molar-refractivity contribution is -0.112. The fraction of sp³-hybridized carbons (Fsp3) is 0.281. The molecular formula is C32H35N5O3. The van der Waals surface area contributed by atoms with Gasteiger partial charge in [-0.2, -0.15) is 0 Å². The minimum Gasteiger partial charge on any atom is -0.383 e. The number of aromatic nitrogens is 2. The molecule has 2 aromatic heterocycles. The summed E-state index contributed by atoms with van der Waals surface area (Å²) in [6, 6.07) is 23.4. The minimum atomic E-state index is -0.666. The van der Waals surface area contributed by atoms with Gasteiger partial charge < -0.3 is 24.4 Å². The Bertz CT molecular complexity index is 1460. The van der Waals surface area contributed by atoms with Crippen LogP contribution in [0.1, 0.15) is 21.7 Å². The lowest BCUT2D eigenvalue weighted by Gasteiger charge is -2.36. The third-order valence-electron chi connectivity index (χ3n) is 7.32. The van der Waals surface area contributed by atoms with Crippen LogP contribution in [0, 0.1) is 13.8 Å². The number of nitrogens with zero attached hydrogens (tertiary/aromatic N) is 4. The first-order valence-corrected chi connectivity index (χ1v) is 13.6. The van der Waals surface area contributed by atoms with Crippen molar-refractivity contribution < 1.29 is 14.3 Å². The van der Waals surface area contributed by atoms with Crippen LogP contribution in [-0.2, 0) is 16.1 Å². The second-order valence-electron chi connectivity index (χ2n) is 10.1. The molecule has 1 N–H and O–H groups in total. The van der Waals surface area contributed by atoms with Crippen molar-refractivity contribution in [3.63, 3.8) is 0 Å². The first kappa shape index (κ1) is 27.1. The highest BCUT2D eigenvalue weighted by Gasteiger charge is 2.26. The van der Waals surface area contributed by atoms with Crippen LogP contribution in [0.25, 0.3) is 11.1 Å². The standard InChI is InChI=1S/C32H35N5O3/c1-23-9-14-29(33-22-23)36-17-15-35(16-18-36)27-12-10-26(11-13-27)34-32(39)31(38)30-28(25-7-5-4-6-8-25)21-24(2)37(30)19-20-40-3/h4-14,21-22H,15-20H2,1-3H3,(H,34,39). The molecule has 3 heterocycles. The van der Waals surface area contributed by atoms with Gasteiger partial charge in [0, 0.05) is 68.7 Å². The molecule has 1 aliphatic rings. The van der Waals surface area contributed by atoms with Gasteiger partial charge in [-0.25, -0.2) is 4.98 Å². The van der Waals surface area contributed by atoms with E-state index < -0.39 is 11.7 Å². The van der Waals surface area contributed by atoms with E-state index in [1.807, 2.05) is 85.3 Å². The maximum Gasteiger partial charge on any atom is 0.298 e. The molecule has 1 saturated heterocycles. The zero-order valence-corrected chi connectivity index (χ0v) is 23.3. The largest absolute Gasteiger partial charge is 0.383 e. The van der Waals surface area contributed by atoms with Gasteiger partial charge in [0.25, 0.3) is 11.7 Å². The second kappa shape index (κ2) is 12.2. The number of carbonyl (C=O) groups excluding carboxylic acids is 2. The van der Waals surface area contributed by atoms with Gasteiger partial charge >= 0.3 is 0 Å². The van der Waals surface area contributed by atoms with E-state index in [1.165, 1.54) is 0 Å². The van der Waals surface area contributed by atoms with E-state index in [0.29, 0.717) is 24.5 Å². The number of nitrogens with one attached hydrogen (secondary N) is 1. The van der Waals surface area contributed by atoms with Gasteiger partial charge in [-0.15, -0.1) is 0 Å². The van der Waals surface area contributed by atoms with Crippen LogP contribution in [0.4, 0.5) is 17.2 Å². The highest BCUT2D eigenvalue weighted by Crippen LogP contribution is 2.29. The van der Waals surface area contributed by atoms with Gasteiger partial charge in [-0.05, 0) is 61.4 Å². The topological polar surface area (TPSA) is 79.7 Å². The number of anilines is 3. The molecule has 1 amide bonds. The molecule has 5 rings (SSSR count). The highest BCUT2D eigenvalue weighted by atomic mass is 16.5. The molecule has 0 unspecified atom stereocenters. The molecule has 0 bridgehead atoms. The average molecular weight is 538 g/mol. The van der Waals surface area contributed by atoms with Gasteiger partial charge in [0.15, 0.2) is 0 Å². The number of methoxy groups -OCH3 is 1. The Kier molecular flexibility index (Phi) is 8.26. The normalized spacial score (nSPS) is 13.4. The number of ketones is 1. The van der Waals surface area contributed by atoms with Crippen LogP contribution in [0.3, 0.4) is 0 Å². The van der Waals surface area contributed by atoms with E-state index in [-0.39, 0.29) is 0 Å². The lowest BCUT2D eigenvalue weighted by atomic mass is 10.0. The molecule has 0 spiro atoms. The van der Waals surface area contributed by atoms with Gasteiger partial charge in [0.05, 0.1) is 6.61 Å². The maximum atomic E-state index is 13.5. The Morgan fingerprint density at radius 2 is 1.60 bits per heavy atom. The first-order chi connectivity index (χ1) is 19.4. The molecule has 0 atom stereocenters. The van der Waals surface area contributed by atoms with Gasteiger partial charge in [0.1, 0.15) is 11.5 Å². The van der Waals surface area contributed by atoms with Crippen LogP contribution in [0.15, 0.2) is 79.0 Å². The number of pyridine rings is 1. The Balaban J connectivity index is 1.26. The Labute approximate surface area is 235 Å². The van der Waals surface area contributed by atoms with E-state index in [0.717, 1.165) is 60.1 Å². The number of carbonyl (C=O) groups is 2. The van der Waals surface area contributed by atoms with E-state index in [1.54, 1.807) is 7.11 Å². The molecule has 8 heteroatoms. The third-order valence-corrected chi connectivity index (χ3v) is 7.32. The summed E-state index contributed by atoms with van der Waals surface area (Å²) in [5.41, 5.74) is 5.72. The quantitative estimate of drug-likeness (QED) is 0.240. The summed E-state index contributed by atoms with van der Waals surface area (Å²) in [6.45, 7) is 8.41. The van der Waals surface area contributed by atoms with Crippen LogP contribution >= 0.6 is 0 Å². The SMILES string of the molecule is COCCn1c(C)cc(-c2ccccc2)c1C(=O)C(=O)Nc1ccc(N2CCN(c3ccc(C)cn3)CC2)cc1. The number of benzene rings is 2. The van der Waals surface area contributed by atoms with Crippen LogP contribution in [-0.4, -0.2) is 61.1 Å². The van der Waals surface area contributed by atoms with Crippen LogP contribution < -0.4 is 15.1 Å². The fourth-order valence-corrected chi connectivity index (χ4v) is 5.12. The smallest absolute Gasteiger partial charge is 0.298 e. The lowest BCUT2D eigenvalue weighted by Crippen LogP contribution is -2.46. The zero-order chi connectivity index (χ0) is 28.1. The van der Waals surface area contributed by atoms with Crippen molar-refractivity contribution in [2.24, 2.45) is 0 Å². The Hall–Kier alpha value is -4.43. The van der Waals surface area contributed by atoms with Gasteiger partial charge in [-0.3, -0.25) is 9.59 Å². The van der Waals surface area contributed by atoms with Crippen LogP contribution in [0.5, 0.6) is 0 Å². The molecule has 2 aromatic carbocycles. The summed E-state index contributed by atoms with van der Waals surface area (Å²) < 4.78 is 7.12. The van der Waals surface area contributed by atoms with Crippen molar-refractivity contribution in [2.45, 2.75) is 20.4 Å². The summed E-state index contributed by atoms with van der Waals surface area (Å²) in [7, 11) is 1.62. The highest BCUT2D eigenvalue weighted by molar-refractivity contribution is 6.47. The average Bonchev–Trinajstić information content (AvgIpc) is 3.32. The van der Waals surface area contributed by atoms with Crippen LogP contribution in [0.2, 0.25) is 0 Å².